The molecule has 0 N–H and O–H groups in total. The van der Waals surface area contributed by atoms with Gasteiger partial charge in [0.1, 0.15) is 0 Å². The third-order valence-electron chi connectivity index (χ3n) is 4.22. The minimum absolute atomic E-state index is 0.581. The van der Waals surface area contributed by atoms with Crippen molar-refractivity contribution in [3.8, 4) is 0 Å². The predicted octanol–water partition coefficient (Wildman–Crippen LogP) is 1.95. The van der Waals surface area contributed by atoms with Gasteiger partial charge in [0.15, 0.2) is 0 Å². The Morgan fingerprint density at radius 1 is 1.21 bits per heavy atom. The second-order valence-electron chi connectivity index (χ2n) is 5.22. The Hall–Kier alpha value is -0.0800. The number of likely N-dealkylation sites (N-methyl/N-ethyl adjacent to an activating group) is 1. The van der Waals surface area contributed by atoms with Crippen LogP contribution in [0.15, 0.2) is 0 Å². The summed E-state index contributed by atoms with van der Waals surface area (Å²) in [5.74, 6) is 0. The Morgan fingerprint density at radius 2 is 1.93 bits per heavy atom. The summed E-state index contributed by atoms with van der Waals surface area (Å²) in [4.78, 5) is 5.38. The molecular weight excluding hydrogens is 172 g/mol. The van der Waals surface area contributed by atoms with Gasteiger partial charge in [-0.25, -0.2) is 0 Å². The quantitative estimate of drug-likeness (QED) is 0.666. The minimum atomic E-state index is 0.581. The Morgan fingerprint density at radius 3 is 2.36 bits per heavy atom. The van der Waals surface area contributed by atoms with Gasteiger partial charge in [-0.15, -0.1) is 0 Å². The van der Waals surface area contributed by atoms with Gasteiger partial charge in [0.25, 0.3) is 0 Å². The molecule has 2 heteroatoms. The molecule has 0 aromatic heterocycles. The summed E-state index contributed by atoms with van der Waals surface area (Å²) in [5, 5.41) is 0. The zero-order valence-corrected chi connectivity index (χ0v) is 9.92. The van der Waals surface area contributed by atoms with Crippen LogP contribution in [0, 0.1) is 0 Å². The smallest absolute Gasteiger partial charge is 0.0337 e. The van der Waals surface area contributed by atoms with Crippen LogP contribution in [0.1, 0.15) is 40.0 Å². The van der Waals surface area contributed by atoms with E-state index in [1.54, 1.807) is 0 Å². The van der Waals surface area contributed by atoms with E-state index in [4.69, 9.17) is 0 Å². The number of hydrogen-bond donors (Lipinski definition) is 0. The van der Waals surface area contributed by atoms with E-state index < -0.39 is 0 Å². The molecule has 14 heavy (non-hydrogen) atoms. The number of nitrogens with zero attached hydrogens (tertiary/aromatic N) is 2. The van der Waals surface area contributed by atoms with E-state index >= 15 is 0 Å². The van der Waals surface area contributed by atoms with Crippen LogP contribution in [-0.2, 0) is 0 Å². The van der Waals surface area contributed by atoms with Crippen LogP contribution in [0.3, 0.4) is 0 Å². The van der Waals surface area contributed by atoms with Crippen LogP contribution in [0.5, 0.6) is 0 Å². The zero-order chi connectivity index (χ0) is 10.2. The fourth-order valence-electron chi connectivity index (χ4n) is 3.04. The predicted molar refractivity (Wildman–Crippen MR) is 60.5 cm³/mol. The van der Waals surface area contributed by atoms with Gasteiger partial charge >= 0.3 is 0 Å². The molecule has 1 aliphatic heterocycles. The Bertz CT molecular complexity index is 196. The molecule has 2 nitrogen and oxygen atoms in total. The van der Waals surface area contributed by atoms with Crippen LogP contribution in [0.2, 0.25) is 0 Å². The SMILES string of the molecule is CCN1CCN(C(C)C)CC12CCC2. The number of piperazine rings is 1. The van der Waals surface area contributed by atoms with Gasteiger partial charge < -0.3 is 0 Å². The van der Waals surface area contributed by atoms with Crippen LogP contribution in [-0.4, -0.2) is 47.6 Å². The van der Waals surface area contributed by atoms with Gasteiger partial charge in [-0.2, -0.15) is 0 Å². The van der Waals surface area contributed by atoms with Crippen molar-refractivity contribution < 1.29 is 0 Å². The van der Waals surface area contributed by atoms with E-state index in [1.165, 1.54) is 45.4 Å². The van der Waals surface area contributed by atoms with Gasteiger partial charge in [-0.1, -0.05) is 6.92 Å². The first kappa shape index (κ1) is 10.4. The van der Waals surface area contributed by atoms with Crippen LogP contribution < -0.4 is 0 Å². The third-order valence-corrected chi connectivity index (χ3v) is 4.22. The van der Waals surface area contributed by atoms with E-state index in [0.717, 1.165) is 6.04 Å². The van der Waals surface area contributed by atoms with Gasteiger partial charge in [-0.05, 0) is 39.7 Å². The first-order valence-electron chi connectivity index (χ1n) is 6.17. The second kappa shape index (κ2) is 3.82. The molecule has 0 bridgehead atoms. The standard InChI is InChI=1S/C12H24N2/c1-4-14-9-8-13(11(2)3)10-12(14)6-5-7-12/h11H,4-10H2,1-3H3. The fourth-order valence-corrected chi connectivity index (χ4v) is 3.04. The summed E-state index contributed by atoms with van der Waals surface area (Å²) < 4.78 is 0. The molecular formula is C12H24N2. The van der Waals surface area contributed by atoms with Crippen molar-refractivity contribution in [3.63, 3.8) is 0 Å². The lowest BCUT2D eigenvalue weighted by Crippen LogP contribution is -2.66. The Labute approximate surface area is 88.3 Å². The topological polar surface area (TPSA) is 6.48 Å². The molecule has 1 heterocycles. The first-order chi connectivity index (χ1) is 6.68. The summed E-state index contributed by atoms with van der Waals surface area (Å²) in [5.41, 5.74) is 0.581. The van der Waals surface area contributed by atoms with Crippen molar-refractivity contribution in [1.82, 2.24) is 9.80 Å². The highest BCUT2D eigenvalue weighted by atomic mass is 15.3. The summed E-state index contributed by atoms with van der Waals surface area (Å²) in [6.07, 6.45) is 4.32. The lowest BCUT2D eigenvalue weighted by Gasteiger charge is -2.56. The maximum Gasteiger partial charge on any atom is 0.0337 e. The monoisotopic (exact) mass is 196 g/mol. The van der Waals surface area contributed by atoms with Crippen molar-refractivity contribution in [3.05, 3.63) is 0 Å². The molecule has 0 atom stereocenters. The van der Waals surface area contributed by atoms with Crippen molar-refractivity contribution in [1.29, 1.82) is 0 Å². The number of rotatable bonds is 2. The Balaban J connectivity index is 2.03. The van der Waals surface area contributed by atoms with Crippen molar-refractivity contribution in [2.45, 2.75) is 51.6 Å². The molecule has 1 aliphatic carbocycles. The molecule has 2 fully saturated rings. The molecule has 0 aromatic carbocycles. The maximum absolute atomic E-state index is 2.72. The van der Waals surface area contributed by atoms with Crippen molar-refractivity contribution in [2.75, 3.05) is 26.2 Å². The van der Waals surface area contributed by atoms with E-state index in [-0.39, 0.29) is 0 Å². The molecule has 0 unspecified atom stereocenters. The molecule has 2 rings (SSSR count). The van der Waals surface area contributed by atoms with Gasteiger partial charge in [0.05, 0.1) is 0 Å². The molecule has 0 aromatic rings. The van der Waals surface area contributed by atoms with E-state index in [0.29, 0.717) is 5.54 Å². The lowest BCUT2D eigenvalue weighted by atomic mass is 9.73. The maximum atomic E-state index is 2.72. The third kappa shape index (κ3) is 1.59. The average Bonchev–Trinajstić information content (AvgIpc) is 2.14. The zero-order valence-electron chi connectivity index (χ0n) is 9.92. The second-order valence-corrected chi connectivity index (χ2v) is 5.22. The first-order valence-corrected chi connectivity index (χ1v) is 6.17. The Kier molecular flexibility index (Phi) is 2.85. The van der Waals surface area contributed by atoms with E-state index in [1.807, 2.05) is 0 Å². The molecule has 1 spiro atoms. The minimum Gasteiger partial charge on any atom is -0.298 e. The largest absolute Gasteiger partial charge is 0.298 e. The highest BCUT2D eigenvalue weighted by Crippen LogP contribution is 2.40. The van der Waals surface area contributed by atoms with Crippen LogP contribution >= 0.6 is 0 Å². The lowest BCUT2D eigenvalue weighted by molar-refractivity contribution is -0.0584. The van der Waals surface area contributed by atoms with Crippen molar-refractivity contribution in [2.24, 2.45) is 0 Å². The number of hydrogen-bond acceptors (Lipinski definition) is 2. The highest BCUT2D eigenvalue weighted by molar-refractivity contribution is 5.03. The molecule has 0 radical (unpaired) electrons. The van der Waals surface area contributed by atoms with Crippen molar-refractivity contribution >= 4 is 0 Å². The summed E-state index contributed by atoms with van der Waals surface area (Å²) >= 11 is 0. The van der Waals surface area contributed by atoms with Crippen LogP contribution in [0.4, 0.5) is 0 Å². The van der Waals surface area contributed by atoms with Gasteiger partial charge in [0, 0.05) is 31.2 Å². The highest BCUT2D eigenvalue weighted by Gasteiger charge is 2.45. The average molecular weight is 196 g/mol. The van der Waals surface area contributed by atoms with Gasteiger partial charge in [0.2, 0.25) is 0 Å². The molecule has 0 amide bonds. The van der Waals surface area contributed by atoms with E-state index in [2.05, 4.69) is 30.6 Å². The molecule has 1 saturated carbocycles. The van der Waals surface area contributed by atoms with Gasteiger partial charge in [-0.3, -0.25) is 9.80 Å². The summed E-state index contributed by atoms with van der Waals surface area (Å²) in [7, 11) is 0. The van der Waals surface area contributed by atoms with E-state index in [9.17, 15) is 0 Å². The normalized spacial score (nSPS) is 28.3. The molecule has 1 saturated heterocycles. The summed E-state index contributed by atoms with van der Waals surface area (Å²) in [6.45, 7) is 12.1. The molecule has 2 aliphatic rings. The summed E-state index contributed by atoms with van der Waals surface area (Å²) in [6, 6.07) is 0.728. The van der Waals surface area contributed by atoms with Crippen LogP contribution in [0.25, 0.3) is 0 Å². The fraction of sp³-hybridized carbons (Fsp3) is 1.00. The molecule has 82 valence electrons.